The highest BCUT2D eigenvalue weighted by Gasteiger charge is 2.24. The molecule has 1 aromatic heterocycles. The van der Waals surface area contributed by atoms with E-state index >= 15 is 0 Å². The summed E-state index contributed by atoms with van der Waals surface area (Å²) in [6.07, 6.45) is 2.94. The van der Waals surface area contributed by atoms with Gasteiger partial charge in [-0.1, -0.05) is 27.2 Å². The fourth-order valence-electron chi connectivity index (χ4n) is 2.71. The van der Waals surface area contributed by atoms with Crippen molar-refractivity contribution in [3.8, 4) is 0 Å². The zero-order valence-corrected chi connectivity index (χ0v) is 12.6. The van der Waals surface area contributed by atoms with Gasteiger partial charge in [0.1, 0.15) is 5.82 Å². The number of carbonyl (C=O) groups is 1. The minimum Gasteiger partial charge on any atom is -0.478 e. The number of nitrogens with zero attached hydrogens (tertiary/aromatic N) is 2. The summed E-state index contributed by atoms with van der Waals surface area (Å²) in [7, 11) is 0. The van der Waals surface area contributed by atoms with Gasteiger partial charge in [-0.15, -0.1) is 0 Å². The molecule has 0 spiro atoms. The predicted octanol–water partition coefficient (Wildman–Crippen LogP) is 3.21. The molecule has 1 fully saturated rings. The first-order valence-electron chi connectivity index (χ1n) is 7.50. The van der Waals surface area contributed by atoms with Gasteiger partial charge in [0.25, 0.3) is 0 Å². The van der Waals surface area contributed by atoms with E-state index in [0.717, 1.165) is 49.8 Å². The Morgan fingerprint density at radius 3 is 2.75 bits per heavy atom. The number of hydrogen-bond acceptors (Lipinski definition) is 3. The van der Waals surface area contributed by atoms with Gasteiger partial charge in [0.15, 0.2) is 0 Å². The maximum absolute atomic E-state index is 11.3. The molecule has 0 amide bonds. The Morgan fingerprint density at radius 2 is 2.15 bits per heavy atom. The monoisotopic (exact) mass is 276 g/mol. The van der Waals surface area contributed by atoms with Crippen molar-refractivity contribution in [3.63, 3.8) is 0 Å². The van der Waals surface area contributed by atoms with Gasteiger partial charge in [0.05, 0.1) is 5.56 Å². The van der Waals surface area contributed by atoms with Gasteiger partial charge >= 0.3 is 5.97 Å². The van der Waals surface area contributed by atoms with E-state index in [9.17, 15) is 9.90 Å². The van der Waals surface area contributed by atoms with Crippen molar-refractivity contribution in [3.05, 3.63) is 23.4 Å². The lowest BCUT2D eigenvalue weighted by molar-refractivity contribution is 0.0696. The summed E-state index contributed by atoms with van der Waals surface area (Å²) in [6.45, 7) is 8.55. The highest BCUT2D eigenvalue weighted by molar-refractivity contribution is 5.88. The van der Waals surface area contributed by atoms with E-state index in [1.54, 1.807) is 12.1 Å². The van der Waals surface area contributed by atoms with Crippen molar-refractivity contribution < 1.29 is 9.90 Å². The molecule has 4 heteroatoms. The fourth-order valence-corrected chi connectivity index (χ4v) is 2.71. The molecular formula is C16H24N2O2. The molecule has 1 aliphatic rings. The number of pyridine rings is 1. The molecule has 2 rings (SSSR count). The van der Waals surface area contributed by atoms with Gasteiger partial charge in [-0.25, -0.2) is 9.78 Å². The molecule has 0 aliphatic carbocycles. The molecule has 20 heavy (non-hydrogen) atoms. The smallest absolute Gasteiger partial charge is 0.335 e. The SMILES string of the molecule is CCCc1cc(C(=O)O)cc(N2CCC(C)C(C)C2)n1. The van der Waals surface area contributed by atoms with Gasteiger partial charge in [-0.05, 0) is 36.8 Å². The molecule has 0 radical (unpaired) electrons. The Bertz CT molecular complexity index is 487. The summed E-state index contributed by atoms with van der Waals surface area (Å²) in [5, 5.41) is 9.25. The number of rotatable bonds is 4. The van der Waals surface area contributed by atoms with Crippen LogP contribution >= 0.6 is 0 Å². The molecule has 2 heterocycles. The summed E-state index contributed by atoms with van der Waals surface area (Å²) in [4.78, 5) is 18.1. The normalized spacial score (nSPS) is 22.9. The van der Waals surface area contributed by atoms with Crippen molar-refractivity contribution in [2.24, 2.45) is 11.8 Å². The van der Waals surface area contributed by atoms with E-state index in [-0.39, 0.29) is 0 Å². The number of aromatic carboxylic acids is 1. The number of carboxylic acid groups (broad SMARTS) is 1. The minimum atomic E-state index is -0.871. The molecule has 4 nitrogen and oxygen atoms in total. The van der Waals surface area contributed by atoms with Gasteiger partial charge in [-0.3, -0.25) is 0 Å². The van der Waals surface area contributed by atoms with Gasteiger partial charge in [0.2, 0.25) is 0 Å². The molecule has 2 unspecified atom stereocenters. The second-order valence-corrected chi connectivity index (χ2v) is 5.95. The Balaban J connectivity index is 2.28. The number of carboxylic acids is 1. The molecule has 110 valence electrons. The number of aryl methyl sites for hydroxylation is 1. The second-order valence-electron chi connectivity index (χ2n) is 5.95. The summed E-state index contributed by atoms with van der Waals surface area (Å²) in [5.74, 6) is 1.30. The van der Waals surface area contributed by atoms with E-state index in [0.29, 0.717) is 11.5 Å². The van der Waals surface area contributed by atoms with Crippen molar-refractivity contribution in [2.75, 3.05) is 18.0 Å². The average Bonchev–Trinajstić information content (AvgIpc) is 2.42. The lowest BCUT2D eigenvalue weighted by atomic mass is 9.88. The van der Waals surface area contributed by atoms with E-state index in [2.05, 4.69) is 30.7 Å². The van der Waals surface area contributed by atoms with Gasteiger partial charge < -0.3 is 10.0 Å². The summed E-state index contributed by atoms with van der Waals surface area (Å²) < 4.78 is 0. The first-order valence-corrected chi connectivity index (χ1v) is 7.50. The maximum Gasteiger partial charge on any atom is 0.335 e. The van der Waals surface area contributed by atoms with Gasteiger partial charge in [0, 0.05) is 18.8 Å². The third kappa shape index (κ3) is 3.30. The minimum absolute atomic E-state index is 0.352. The Hall–Kier alpha value is -1.58. The third-order valence-electron chi connectivity index (χ3n) is 4.28. The van der Waals surface area contributed by atoms with Crippen LogP contribution in [0.4, 0.5) is 5.82 Å². The number of piperidine rings is 1. The van der Waals surface area contributed by atoms with Crippen LogP contribution in [0.1, 0.15) is 49.7 Å². The summed E-state index contributed by atoms with van der Waals surface area (Å²) >= 11 is 0. The molecule has 0 aromatic carbocycles. The molecule has 1 aromatic rings. The zero-order valence-electron chi connectivity index (χ0n) is 12.6. The van der Waals surface area contributed by atoms with Crippen LogP contribution in [-0.4, -0.2) is 29.1 Å². The number of anilines is 1. The molecule has 2 atom stereocenters. The van der Waals surface area contributed by atoms with E-state index in [1.807, 2.05) is 0 Å². The van der Waals surface area contributed by atoms with Crippen LogP contribution in [0.5, 0.6) is 0 Å². The zero-order chi connectivity index (χ0) is 14.7. The molecule has 1 aliphatic heterocycles. The van der Waals surface area contributed by atoms with Crippen molar-refractivity contribution in [1.82, 2.24) is 4.98 Å². The summed E-state index contributed by atoms with van der Waals surface area (Å²) in [6, 6.07) is 3.41. The first-order chi connectivity index (χ1) is 9.51. The van der Waals surface area contributed by atoms with Crippen LogP contribution in [0.15, 0.2) is 12.1 Å². The van der Waals surface area contributed by atoms with Crippen molar-refractivity contribution in [1.29, 1.82) is 0 Å². The second kappa shape index (κ2) is 6.25. The highest BCUT2D eigenvalue weighted by Crippen LogP contribution is 2.27. The van der Waals surface area contributed by atoms with Crippen molar-refractivity contribution in [2.45, 2.75) is 40.0 Å². The Kier molecular flexibility index (Phi) is 4.63. The van der Waals surface area contributed by atoms with E-state index < -0.39 is 5.97 Å². The molecule has 1 N–H and O–H groups in total. The first kappa shape index (κ1) is 14.8. The van der Waals surface area contributed by atoms with E-state index in [1.165, 1.54) is 0 Å². The summed E-state index contributed by atoms with van der Waals surface area (Å²) in [5.41, 5.74) is 1.23. The van der Waals surface area contributed by atoms with E-state index in [4.69, 9.17) is 0 Å². The molecule has 1 saturated heterocycles. The fraction of sp³-hybridized carbons (Fsp3) is 0.625. The van der Waals surface area contributed by atoms with Crippen LogP contribution < -0.4 is 4.90 Å². The molecule has 0 saturated carbocycles. The van der Waals surface area contributed by atoms with Crippen LogP contribution in [0.3, 0.4) is 0 Å². The standard InChI is InChI=1S/C16H24N2O2/c1-4-5-14-8-13(16(19)20)9-15(17-14)18-7-6-11(2)12(3)10-18/h8-9,11-12H,4-7,10H2,1-3H3,(H,19,20). The van der Waals surface area contributed by atoms with Gasteiger partial charge in [-0.2, -0.15) is 0 Å². The Morgan fingerprint density at radius 1 is 1.40 bits per heavy atom. The van der Waals surface area contributed by atoms with Crippen LogP contribution in [0.2, 0.25) is 0 Å². The largest absolute Gasteiger partial charge is 0.478 e. The number of hydrogen-bond donors (Lipinski definition) is 1. The van der Waals surface area contributed by atoms with Crippen molar-refractivity contribution >= 4 is 11.8 Å². The van der Waals surface area contributed by atoms with Crippen LogP contribution in [0.25, 0.3) is 0 Å². The lowest BCUT2D eigenvalue weighted by Crippen LogP contribution is -2.39. The highest BCUT2D eigenvalue weighted by atomic mass is 16.4. The maximum atomic E-state index is 11.3. The number of aromatic nitrogens is 1. The predicted molar refractivity (Wildman–Crippen MR) is 80.3 cm³/mol. The molecule has 0 bridgehead atoms. The van der Waals surface area contributed by atoms with Crippen LogP contribution in [0, 0.1) is 11.8 Å². The third-order valence-corrected chi connectivity index (χ3v) is 4.28. The Labute approximate surface area is 120 Å². The molecular weight excluding hydrogens is 252 g/mol. The quantitative estimate of drug-likeness (QED) is 0.917. The lowest BCUT2D eigenvalue weighted by Gasteiger charge is -2.36. The van der Waals surface area contributed by atoms with Crippen LogP contribution in [-0.2, 0) is 6.42 Å². The topological polar surface area (TPSA) is 53.4 Å². The average molecular weight is 276 g/mol.